The summed E-state index contributed by atoms with van der Waals surface area (Å²) in [6.07, 6.45) is 0. The molecule has 7 heteroatoms. The second-order valence-electron chi connectivity index (χ2n) is 2.92. The number of nitro benzene ring substituents is 1. The van der Waals surface area contributed by atoms with E-state index in [2.05, 4.69) is 10.5 Å². The predicted molar refractivity (Wildman–Crippen MR) is 57.5 cm³/mol. The van der Waals surface area contributed by atoms with Crippen LogP contribution in [0.3, 0.4) is 0 Å². The van der Waals surface area contributed by atoms with Crippen LogP contribution in [-0.2, 0) is 4.79 Å². The summed E-state index contributed by atoms with van der Waals surface area (Å²) in [6, 6.07) is 5.48. The molecule has 1 rings (SSSR count). The molecule has 0 radical (unpaired) electrons. The summed E-state index contributed by atoms with van der Waals surface area (Å²) in [6.45, 7) is 1.33. The topological polar surface area (TPSA) is 105 Å². The fraction of sp³-hybridized carbons (Fsp3) is 0.111. The highest BCUT2D eigenvalue weighted by Crippen LogP contribution is 2.15. The lowest BCUT2D eigenvalue weighted by atomic mass is 10.3. The van der Waals surface area contributed by atoms with E-state index in [0.29, 0.717) is 5.69 Å². The van der Waals surface area contributed by atoms with Crippen LogP contribution in [0, 0.1) is 10.1 Å². The molecule has 0 aliphatic heterocycles. The summed E-state index contributed by atoms with van der Waals surface area (Å²) in [5, 5.41) is 22.4. The van der Waals surface area contributed by atoms with Gasteiger partial charge in [0.1, 0.15) is 5.71 Å². The SMILES string of the molecule is C/C(=N/Nc1ccc([N+](=O)[O-])cc1)C(=O)O. The second-order valence-corrected chi connectivity index (χ2v) is 2.92. The van der Waals surface area contributed by atoms with Gasteiger partial charge in [0, 0.05) is 12.1 Å². The Hall–Kier alpha value is -2.44. The number of aliphatic carboxylic acids is 1. The monoisotopic (exact) mass is 223 g/mol. The Morgan fingerprint density at radius 2 is 2.00 bits per heavy atom. The number of hydrazone groups is 1. The fourth-order valence-electron chi connectivity index (χ4n) is 0.854. The van der Waals surface area contributed by atoms with E-state index in [1.54, 1.807) is 0 Å². The summed E-state index contributed by atoms with van der Waals surface area (Å²) in [7, 11) is 0. The Morgan fingerprint density at radius 3 is 2.44 bits per heavy atom. The van der Waals surface area contributed by atoms with Gasteiger partial charge in [0.15, 0.2) is 0 Å². The third-order valence-electron chi connectivity index (χ3n) is 1.74. The quantitative estimate of drug-likeness (QED) is 0.456. The van der Waals surface area contributed by atoms with Crippen LogP contribution in [0.1, 0.15) is 6.92 Å². The molecule has 1 aromatic rings. The Labute approximate surface area is 90.6 Å². The van der Waals surface area contributed by atoms with Crippen LogP contribution in [0.2, 0.25) is 0 Å². The molecule has 1 aromatic carbocycles. The largest absolute Gasteiger partial charge is 0.477 e. The molecular weight excluding hydrogens is 214 g/mol. The number of non-ortho nitro benzene ring substituents is 1. The van der Waals surface area contributed by atoms with Crippen molar-refractivity contribution < 1.29 is 14.8 Å². The highest BCUT2D eigenvalue weighted by molar-refractivity contribution is 6.34. The van der Waals surface area contributed by atoms with Gasteiger partial charge in [-0.25, -0.2) is 4.79 Å². The third kappa shape index (κ3) is 3.05. The molecule has 0 spiro atoms. The molecule has 0 aliphatic carbocycles. The normalized spacial score (nSPS) is 10.9. The number of carbonyl (C=O) groups is 1. The van der Waals surface area contributed by atoms with E-state index < -0.39 is 10.9 Å². The minimum atomic E-state index is -1.13. The van der Waals surface area contributed by atoms with Crippen LogP contribution in [0.25, 0.3) is 0 Å². The first-order valence-corrected chi connectivity index (χ1v) is 4.29. The van der Waals surface area contributed by atoms with Crippen molar-refractivity contribution >= 4 is 23.1 Å². The third-order valence-corrected chi connectivity index (χ3v) is 1.74. The van der Waals surface area contributed by atoms with E-state index in [9.17, 15) is 14.9 Å². The molecule has 0 aliphatic rings. The maximum Gasteiger partial charge on any atom is 0.351 e. The van der Waals surface area contributed by atoms with Gasteiger partial charge >= 0.3 is 5.97 Å². The number of benzene rings is 1. The maximum atomic E-state index is 10.4. The Bertz CT molecular complexity index is 439. The minimum absolute atomic E-state index is 0.0375. The minimum Gasteiger partial charge on any atom is -0.477 e. The number of nitro groups is 1. The molecule has 0 atom stereocenters. The number of hydrogen-bond acceptors (Lipinski definition) is 5. The molecule has 7 nitrogen and oxygen atoms in total. The molecule has 0 amide bonds. The van der Waals surface area contributed by atoms with Crippen molar-refractivity contribution in [1.82, 2.24) is 0 Å². The zero-order chi connectivity index (χ0) is 12.1. The van der Waals surface area contributed by atoms with Gasteiger partial charge in [-0.15, -0.1) is 0 Å². The Balaban J connectivity index is 2.73. The van der Waals surface area contributed by atoms with E-state index in [-0.39, 0.29) is 11.4 Å². The lowest BCUT2D eigenvalue weighted by Gasteiger charge is -2.00. The van der Waals surface area contributed by atoms with Crippen LogP contribution in [0.5, 0.6) is 0 Å². The smallest absolute Gasteiger partial charge is 0.351 e. The molecule has 0 bridgehead atoms. The summed E-state index contributed by atoms with van der Waals surface area (Å²) < 4.78 is 0. The molecule has 0 heterocycles. The average Bonchev–Trinajstić information content (AvgIpc) is 2.26. The Morgan fingerprint density at radius 1 is 1.44 bits per heavy atom. The number of anilines is 1. The molecule has 2 N–H and O–H groups in total. The number of nitrogens with zero attached hydrogens (tertiary/aromatic N) is 2. The highest BCUT2D eigenvalue weighted by Gasteiger charge is 2.04. The van der Waals surface area contributed by atoms with Crippen LogP contribution >= 0.6 is 0 Å². The summed E-state index contributed by atoms with van der Waals surface area (Å²) in [5.74, 6) is -1.13. The van der Waals surface area contributed by atoms with Crippen molar-refractivity contribution in [1.29, 1.82) is 0 Å². The van der Waals surface area contributed by atoms with E-state index >= 15 is 0 Å². The molecule has 0 saturated heterocycles. The summed E-state index contributed by atoms with van der Waals surface area (Å²) in [4.78, 5) is 20.2. The van der Waals surface area contributed by atoms with Gasteiger partial charge in [-0.2, -0.15) is 5.10 Å². The van der Waals surface area contributed by atoms with Crippen molar-refractivity contribution in [2.24, 2.45) is 5.10 Å². The van der Waals surface area contributed by atoms with Gasteiger partial charge in [0.25, 0.3) is 5.69 Å². The number of carboxylic acids is 1. The van der Waals surface area contributed by atoms with Crippen LogP contribution < -0.4 is 5.43 Å². The zero-order valence-electron chi connectivity index (χ0n) is 8.38. The average molecular weight is 223 g/mol. The van der Waals surface area contributed by atoms with Crippen molar-refractivity contribution in [2.45, 2.75) is 6.92 Å². The lowest BCUT2D eigenvalue weighted by molar-refractivity contribution is -0.384. The lowest BCUT2D eigenvalue weighted by Crippen LogP contribution is -2.10. The van der Waals surface area contributed by atoms with E-state index in [0.717, 1.165) is 0 Å². The molecular formula is C9H9N3O4. The van der Waals surface area contributed by atoms with Crippen molar-refractivity contribution in [3.8, 4) is 0 Å². The number of nitrogens with one attached hydrogen (secondary N) is 1. The van der Waals surface area contributed by atoms with Crippen molar-refractivity contribution in [3.05, 3.63) is 34.4 Å². The van der Waals surface area contributed by atoms with Gasteiger partial charge in [0.2, 0.25) is 0 Å². The Kier molecular flexibility index (Phi) is 3.54. The number of hydrogen-bond donors (Lipinski definition) is 2. The van der Waals surface area contributed by atoms with Crippen LogP contribution in [-0.4, -0.2) is 21.7 Å². The van der Waals surface area contributed by atoms with Crippen LogP contribution in [0.4, 0.5) is 11.4 Å². The summed E-state index contributed by atoms with van der Waals surface area (Å²) in [5.41, 5.74) is 2.82. The maximum absolute atomic E-state index is 10.4. The molecule has 0 unspecified atom stereocenters. The molecule has 0 aromatic heterocycles. The van der Waals surface area contributed by atoms with Gasteiger partial charge < -0.3 is 5.11 Å². The first-order chi connectivity index (χ1) is 7.50. The van der Waals surface area contributed by atoms with E-state index in [4.69, 9.17) is 5.11 Å². The first kappa shape index (κ1) is 11.6. The van der Waals surface area contributed by atoms with Gasteiger partial charge in [-0.3, -0.25) is 15.5 Å². The van der Waals surface area contributed by atoms with Gasteiger partial charge in [-0.05, 0) is 19.1 Å². The van der Waals surface area contributed by atoms with Crippen LogP contribution in [0.15, 0.2) is 29.4 Å². The van der Waals surface area contributed by atoms with Crippen molar-refractivity contribution in [3.63, 3.8) is 0 Å². The molecule has 0 saturated carbocycles. The van der Waals surface area contributed by atoms with Crippen molar-refractivity contribution in [2.75, 3.05) is 5.43 Å². The summed E-state index contributed by atoms with van der Waals surface area (Å²) >= 11 is 0. The molecule has 16 heavy (non-hydrogen) atoms. The van der Waals surface area contributed by atoms with E-state index in [1.807, 2.05) is 0 Å². The fourth-order valence-corrected chi connectivity index (χ4v) is 0.854. The van der Waals surface area contributed by atoms with E-state index in [1.165, 1.54) is 31.2 Å². The highest BCUT2D eigenvalue weighted by atomic mass is 16.6. The second kappa shape index (κ2) is 4.87. The number of carboxylic acid groups (broad SMARTS) is 1. The molecule has 0 fully saturated rings. The van der Waals surface area contributed by atoms with Gasteiger partial charge in [-0.1, -0.05) is 0 Å². The standard InChI is InChI=1S/C9H9N3O4/c1-6(9(13)14)10-11-7-2-4-8(5-3-7)12(15)16/h2-5,11H,1H3,(H,13,14)/b10-6-. The first-order valence-electron chi connectivity index (χ1n) is 4.29. The zero-order valence-corrected chi connectivity index (χ0v) is 8.38. The predicted octanol–water partition coefficient (Wildman–Crippen LogP) is 1.47. The number of rotatable bonds is 4. The van der Waals surface area contributed by atoms with Gasteiger partial charge in [0.05, 0.1) is 10.6 Å². The molecule has 84 valence electrons.